The Morgan fingerprint density at radius 3 is 2.20 bits per heavy atom. The molecule has 4 heteroatoms. The summed E-state index contributed by atoms with van der Waals surface area (Å²) in [6.07, 6.45) is 0. The quantitative estimate of drug-likeness (QED) is 0.829. The molecule has 100 valence electrons. The van der Waals surface area contributed by atoms with Crippen molar-refractivity contribution in [1.29, 1.82) is 0 Å². The van der Waals surface area contributed by atoms with Crippen LogP contribution >= 0.6 is 0 Å². The number of β-lactam (4-membered cyclic amide) rings is 1. The van der Waals surface area contributed by atoms with E-state index in [0.29, 0.717) is 12.1 Å². The van der Waals surface area contributed by atoms with Gasteiger partial charge in [-0.05, 0) is 23.3 Å². The summed E-state index contributed by atoms with van der Waals surface area (Å²) < 4.78 is 0. The maximum Gasteiger partial charge on any atom is 0.251 e. The summed E-state index contributed by atoms with van der Waals surface area (Å²) in [5.41, 5.74) is 2.73. The van der Waals surface area contributed by atoms with E-state index in [-0.39, 0.29) is 11.8 Å². The van der Waals surface area contributed by atoms with E-state index < -0.39 is 6.04 Å². The SMILES string of the molecule is O=C(N[C@@H]1CNC1=O)c1ccc(-c2ccccc2)cc1. The van der Waals surface area contributed by atoms with Gasteiger partial charge in [0.15, 0.2) is 0 Å². The van der Waals surface area contributed by atoms with Gasteiger partial charge >= 0.3 is 0 Å². The molecule has 0 saturated carbocycles. The number of hydrogen-bond acceptors (Lipinski definition) is 2. The van der Waals surface area contributed by atoms with Gasteiger partial charge in [0.05, 0.1) is 0 Å². The van der Waals surface area contributed by atoms with E-state index in [9.17, 15) is 9.59 Å². The summed E-state index contributed by atoms with van der Waals surface area (Å²) in [5, 5.41) is 5.28. The Bertz CT molecular complexity index is 635. The Morgan fingerprint density at radius 2 is 1.65 bits per heavy atom. The van der Waals surface area contributed by atoms with Crippen molar-refractivity contribution in [2.24, 2.45) is 0 Å². The largest absolute Gasteiger partial charge is 0.352 e. The fraction of sp³-hybridized carbons (Fsp3) is 0.125. The Morgan fingerprint density at radius 1 is 1.00 bits per heavy atom. The first-order valence-electron chi connectivity index (χ1n) is 6.48. The fourth-order valence-electron chi connectivity index (χ4n) is 2.09. The highest BCUT2D eigenvalue weighted by atomic mass is 16.2. The predicted octanol–water partition coefficient (Wildman–Crippen LogP) is 1.58. The maximum atomic E-state index is 12.0. The molecule has 0 radical (unpaired) electrons. The summed E-state index contributed by atoms with van der Waals surface area (Å²) in [7, 11) is 0. The van der Waals surface area contributed by atoms with Crippen LogP contribution in [0.4, 0.5) is 0 Å². The van der Waals surface area contributed by atoms with Crippen LogP contribution in [0, 0.1) is 0 Å². The molecule has 4 nitrogen and oxygen atoms in total. The van der Waals surface area contributed by atoms with Gasteiger partial charge in [0.2, 0.25) is 5.91 Å². The molecule has 0 aliphatic carbocycles. The Balaban J connectivity index is 1.73. The molecular weight excluding hydrogens is 252 g/mol. The molecule has 2 aromatic rings. The molecule has 1 aliphatic rings. The number of nitrogens with one attached hydrogen (secondary N) is 2. The van der Waals surface area contributed by atoms with Crippen molar-refractivity contribution in [3.8, 4) is 11.1 Å². The predicted molar refractivity (Wildman–Crippen MR) is 76.1 cm³/mol. The normalized spacial score (nSPS) is 17.0. The standard InChI is InChI=1S/C16H14N2O2/c19-15(18-14-10-17-16(14)20)13-8-6-12(7-9-13)11-4-2-1-3-5-11/h1-9,14H,10H2,(H,17,20)(H,18,19)/t14-/m1/s1. The molecular formula is C16H14N2O2. The molecule has 2 N–H and O–H groups in total. The van der Waals surface area contributed by atoms with Gasteiger partial charge in [-0.25, -0.2) is 0 Å². The van der Waals surface area contributed by atoms with Crippen LogP contribution < -0.4 is 10.6 Å². The van der Waals surface area contributed by atoms with E-state index >= 15 is 0 Å². The summed E-state index contributed by atoms with van der Waals surface area (Å²) in [4.78, 5) is 23.1. The van der Waals surface area contributed by atoms with Crippen molar-refractivity contribution in [1.82, 2.24) is 10.6 Å². The topological polar surface area (TPSA) is 58.2 Å². The summed E-state index contributed by atoms with van der Waals surface area (Å²) >= 11 is 0. The minimum atomic E-state index is -0.392. The molecule has 0 spiro atoms. The molecule has 3 rings (SSSR count). The molecule has 1 heterocycles. The van der Waals surface area contributed by atoms with Gasteiger partial charge < -0.3 is 10.6 Å². The van der Waals surface area contributed by atoms with Crippen molar-refractivity contribution >= 4 is 11.8 Å². The minimum absolute atomic E-state index is 0.126. The lowest BCUT2D eigenvalue weighted by Gasteiger charge is -2.26. The van der Waals surface area contributed by atoms with Crippen LogP contribution in [-0.2, 0) is 4.79 Å². The third-order valence-corrected chi connectivity index (χ3v) is 3.36. The van der Waals surface area contributed by atoms with E-state index in [1.807, 2.05) is 42.5 Å². The van der Waals surface area contributed by atoms with Crippen molar-refractivity contribution < 1.29 is 9.59 Å². The highest BCUT2D eigenvalue weighted by molar-refractivity contribution is 5.99. The Hall–Kier alpha value is -2.62. The van der Waals surface area contributed by atoms with Crippen LogP contribution in [0.15, 0.2) is 54.6 Å². The van der Waals surface area contributed by atoms with E-state index in [2.05, 4.69) is 10.6 Å². The molecule has 20 heavy (non-hydrogen) atoms. The number of amides is 2. The average molecular weight is 266 g/mol. The zero-order valence-corrected chi connectivity index (χ0v) is 10.8. The van der Waals surface area contributed by atoms with Gasteiger partial charge in [-0.15, -0.1) is 0 Å². The smallest absolute Gasteiger partial charge is 0.251 e. The van der Waals surface area contributed by atoms with Crippen molar-refractivity contribution in [2.75, 3.05) is 6.54 Å². The van der Waals surface area contributed by atoms with Crippen LogP contribution in [0.3, 0.4) is 0 Å². The zero-order chi connectivity index (χ0) is 13.9. The molecule has 0 aromatic heterocycles. The molecule has 1 atom stereocenters. The third kappa shape index (κ3) is 2.40. The van der Waals surface area contributed by atoms with Gasteiger partial charge in [-0.3, -0.25) is 9.59 Å². The van der Waals surface area contributed by atoms with Gasteiger partial charge in [-0.1, -0.05) is 42.5 Å². The van der Waals surface area contributed by atoms with E-state index in [1.54, 1.807) is 12.1 Å². The number of carbonyl (C=O) groups is 2. The number of benzene rings is 2. The summed E-state index contributed by atoms with van der Waals surface area (Å²) in [6, 6.07) is 16.9. The first kappa shape index (κ1) is 12.4. The Labute approximate surface area is 116 Å². The van der Waals surface area contributed by atoms with E-state index in [0.717, 1.165) is 11.1 Å². The summed E-state index contributed by atoms with van der Waals surface area (Å²) in [5.74, 6) is -0.344. The van der Waals surface area contributed by atoms with Crippen LogP contribution in [0.25, 0.3) is 11.1 Å². The molecule has 0 bridgehead atoms. The third-order valence-electron chi connectivity index (χ3n) is 3.36. The molecule has 1 aliphatic heterocycles. The number of carbonyl (C=O) groups excluding carboxylic acids is 2. The van der Waals surface area contributed by atoms with Crippen LogP contribution in [0.5, 0.6) is 0 Å². The van der Waals surface area contributed by atoms with Crippen LogP contribution in [0.1, 0.15) is 10.4 Å². The first-order chi connectivity index (χ1) is 9.74. The molecule has 2 aromatic carbocycles. The molecule has 1 saturated heterocycles. The second-order valence-electron chi connectivity index (χ2n) is 4.71. The fourth-order valence-corrected chi connectivity index (χ4v) is 2.09. The van der Waals surface area contributed by atoms with Crippen LogP contribution in [-0.4, -0.2) is 24.4 Å². The van der Waals surface area contributed by atoms with Crippen LogP contribution in [0.2, 0.25) is 0 Å². The minimum Gasteiger partial charge on any atom is -0.352 e. The summed E-state index contributed by atoms with van der Waals surface area (Å²) in [6.45, 7) is 0.507. The lowest BCUT2D eigenvalue weighted by molar-refractivity contribution is -0.128. The van der Waals surface area contributed by atoms with Gasteiger partial charge in [0.25, 0.3) is 5.91 Å². The lowest BCUT2D eigenvalue weighted by atomic mass is 10.0. The van der Waals surface area contributed by atoms with E-state index in [1.165, 1.54) is 0 Å². The highest BCUT2D eigenvalue weighted by Crippen LogP contribution is 2.19. The van der Waals surface area contributed by atoms with E-state index in [4.69, 9.17) is 0 Å². The van der Waals surface area contributed by atoms with Crippen molar-refractivity contribution in [3.05, 3.63) is 60.2 Å². The van der Waals surface area contributed by atoms with Gasteiger partial charge in [0.1, 0.15) is 6.04 Å². The second kappa shape index (κ2) is 5.17. The lowest BCUT2D eigenvalue weighted by Crippen LogP contribution is -2.61. The second-order valence-corrected chi connectivity index (χ2v) is 4.71. The van der Waals surface area contributed by atoms with Crippen molar-refractivity contribution in [2.45, 2.75) is 6.04 Å². The number of hydrogen-bond donors (Lipinski definition) is 2. The Kier molecular flexibility index (Phi) is 3.21. The molecule has 1 fully saturated rings. The average Bonchev–Trinajstić information content (AvgIpc) is 2.52. The van der Waals surface area contributed by atoms with Gasteiger partial charge in [0, 0.05) is 12.1 Å². The number of rotatable bonds is 3. The monoisotopic (exact) mass is 266 g/mol. The maximum absolute atomic E-state index is 12.0. The van der Waals surface area contributed by atoms with Crippen molar-refractivity contribution in [3.63, 3.8) is 0 Å². The first-order valence-corrected chi connectivity index (χ1v) is 6.48. The molecule has 0 unspecified atom stereocenters. The highest BCUT2D eigenvalue weighted by Gasteiger charge is 2.29. The zero-order valence-electron chi connectivity index (χ0n) is 10.8. The molecule has 2 amide bonds. The van der Waals surface area contributed by atoms with Gasteiger partial charge in [-0.2, -0.15) is 0 Å².